The molecule has 1 atom stereocenters. The lowest BCUT2D eigenvalue weighted by Gasteiger charge is -2.25. The molecule has 0 saturated carbocycles. The number of nitrogens with zero attached hydrogens (tertiary/aromatic N) is 3. The second-order valence-electron chi connectivity index (χ2n) is 6.07. The Kier molecular flexibility index (Phi) is 5.81. The molecule has 2 aromatic heterocycles. The molecule has 7 heteroatoms. The van der Waals surface area contributed by atoms with E-state index in [0.717, 1.165) is 5.56 Å². The molecule has 0 radical (unpaired) electrons. The fourth-order valence-corrected chi connectivity index (χ4v) is 3.31. The van der Waals surface area contributed by atoms with Crippen LogP contribution in [0.25, 0.3) is 5.52 Å². The van der Waals surface area contributed by atoms with E-state index in [2.05, 4.69) is 4.98 Å². The SMILES string of the molecule is CSc1nc(C(=O)OCC(=O)N(C)C(C)c2ccccc2)c2ccccn12. The van der Waals surface area contributed by atoms with E-state index in [-0.39, 0.29) is 24.2 Å². The van der Waals surface area contributed by atoms with Crippen LogP contribution in [0.3, 0.4) is 0 Å². The summed E-state index contributed by atoms with van der Waals surface area (Å²) in [6.07, 6.45) is 3.73. The van der Waals surface area contributed by atoms with Crippen molar-refractivity contribution >= 4 is 29.2 Å². The number of thioether (sulfide) groups is 1. The number of hydrogen-bond donors (Lipinski definition) is 0. The van der Waals surface area contributed by atoms with Gasteiger partial charge in [-0.3, -0.25) is 9.20 Å². The van der Waals surface area contributed by atoms with Gasteiger partial charge in [-0.2, -0.15) is 0 Å². The van der Waals surface area contributed by atoms with Gasteiger partial charge < -0.3 is 9.64 Å². The summed E-state index contributed by atoms with van der Waals surface area (Å²) >= 11 is 1.44. The molecule has 27 heavy (non-hydrogen) atoms. The molecule has 140 valence electrons. The molecule has 0 N–H and O–H groups in total. The van der Waals surface area contributed by atoms with Crippen LogP contribution in [0.15, 0.2) is 59.9 Å². The summed E-state index contributed by atoms with van der Waals surface area (Å²) in [6, 6.07) is 15.1. The van der Waals surface area contributed by atoms with Crippen LogP contribution < -0.4 is 0 Å². The minimum absolute atomic E-state index is 0.117. The first kappa shape index (κ1) is 19.0. The van der Waals surface area contributed by atoms with Gasteiger partial charge in [-0.25, -0.2) is 9.78 Å². The summed E-state index contributed by atoms with van der Waals surface area (Å²) in [5, 5.41) is 0.693. The van der Waals surface area contributed by atoms with Crippen LogP contribution in [0, 0.1) is 0 Å². The van der Waals surface area contributed by atoms with Crippen LogP contribution in [-0.2, 0) is 9.53 Å². The lowest BCUT2D eigenvalue weighted by atomic mass is 10.1. The predicted octanol–water partition coefficient (Wildman–Crippen LogP) is 3.43. The largest absolute Gasteiger partial charge is 0.451 e. The van der Waals surface area contributed by atoms with E-state index in [1.165, 1.54) is 11.8 Å². The summed E-state index contributed by atoms with van der Waals surface area (Å²) in [7, 11) is 1.70. The zero-order chi connectivity index (χ0) is 19.4. The normalized spacial score (nSPS) is 12.0. The van der Waals surface area contributed by atoms with Gasteiger partial charge in [0.15, 0.2) is 17.5 Å². The molecule has 1 amide bonds. The van der Waals surface area contributed by atoms with E-state index in [9.17, 15) is 9.59 Å². The fraction of sp³-hybridized carbons (Fsp3) is 0.250. The predicted molar refractivity (Wildman–Crippen MR) is 105 cm³/mol. The fourth-order valence-electron chi connectivity index (χ4n) is 2.77. The number of carbonyl (C=O) groups excluding carboxylic acids is 2. The molecule has 1 aromatic carbocycles. The third kappa shape index (κ3) is 3.98. The van der Waals surface area contributed by atoms with Gasteiger partial charge in [-0.15, -0.1) is 0 Å². The highest BCUT2D eigenvalue weighted by atomic mass is 32.2. The minimum atomic E-state index is -0.604. The summed E-state index contributed by atoms with van der Waals surface area (Å²) in [5.41, 5.74) is 1.89. The molecule has 0 fully saturated rings. The van der Waals surface area contributed by atoms with Crippen molar-refractivity contribution in [2.24, 2.45) is 0 Å². The maximum absolute atomic E-state index is 12.5. The number of esters is 1. The van der Waals surface area contributed by atoms with Crippen molar-refractivity contribution < 1.29 is 14.3 Å². The number of hydrogen-bond acceptors (Lipinski definition) is 5. The number of rotatable bonds is 6. The van der Waals surface area contributed by atoms with E-state index in [1.807, 2.05) is 66.2 Å². The zero-order valence-corrected chi connectivity index (χ0v) is 16.3. The standard InChI is InChI=1S/C20H21N3O3S/c1-14(15-9-5-4-6-10-15)22(2)17(24)13-26-19(25)18-16-11-7-8-12-23(16)20(21-18)27-3/h4-12,14H,13H2,1-3H3. The molecule has 0 saturated heterocycles. The van der Waals surface area contributed by atoms with Gasteiger partial charge in [0, 0.05) is 13.2 Å². The molecule has 0 aliphatic rings. The van der Waals surface area contributed by atoms with Crippen molar-refractivity contribution in [3.8, 4) is 0 Å². The second kappa shape index (κ2) is 8.26. The van der Waals surface area contributed by atoms with Gasteiger partial charge in [0.25, 0.3) is 5.91 Å². The van der Waals surface area contributed by atoms with Crippen LogP contribution in [0.2, 0.25) is 0 Å². The number of likely N-dealkylation sites (N-methyl/N-ethyl adjacent to an activating group) is 1. The summed E-state index contributed by atoms with van der Waals surface area (Å²) in [5.74, 6) is -0.874. The lowest BCUT2D eigenvalue weighted by Crippen LogP contribution is -2.33. The zero-order valence-electron chi connectivity index (χ0n) is 15.5. The number of imidazole rings is 1. The Morgan fingerprint density at radius 1 is 1.19 bits per heavy atom. The summed E-state index contributed by atoms with van der Waals surface area (Å²) in [4.78, 5) is 30.8. The number of amides is 1. The van der Waals surface area contributed by atoms with Crippen LogP contribution in [0.1, 0.15) is 29.0 Å². The molecule has 0 bridgehead atoms. The third-order valence-corrected chi connectivity index (χ3v) is 5.13. The minimum Gasteiger partial charge on any atom is -0.451 e. The van der Waals surface area contributed by atoms with Gasteiger partial charge in [0.2, 0.25) is 0 Å². The van der Waals surface area contributed by atoms with Crippen molar-refractivity contribution in [2.75, 3.05) is 19.9 Å². The average molecular weight is 383 g/mol. The van der Waals surface area contributed by atoms with Gasteiger partial charge in [-0.1, -0.05) is 48.2 Å². The Hall–Kier alpha value is -2.80. The molecule has 0 aliphatic carbocycles. The summed E-state index contributed by atoms with van der Waals surface area (Å²) in [6.45, 7) is 1.61. The van der Waals surface area contributed by atoms with Gasteiger partial charge >= 0.3 is 5.97 Å². The Labute approximate surface area is 162 Å². The van der Waals surface area contributed by atoms with Crippen molar-refractivity contribution in [2.45, 2.75) is 18.1 Å². The second-order valence-corrected chi connectivity index (χ2v) is 6.84. The van der Waals surface area contributed by atoms with Crippen LogP contribution in [0.5, 0.6) is 0 Å². The van der Waals surface area contributed by atoms with Crippen molar-refractivity contribution in [3.05, 3.63) is 66.0 Å². The van der Waals surface area contributed by atoms with E-state index < -0.39 is 5.97 Å². The van der Waals surface area contributed by atoms with Crippen molar-refractivity contribution in [1.29, 1.82) is 0 Å². The lowest BCUT2D eigenvalue weighted by molar-refractivity contribution is -0.135. The van der Waals surface area contributed by atoms with E-state index in [4.69, 9.17) is 4.74 Å². The maximum atomic E-state index is 12.5. The van der Waals surface area contributed by atoms with Crippen LogP contribution >= 0.6 is 11.8 Å². The van der Waals surface area contributed by atoms with Crippen LogP contribution in [-0.4, -0.2) is 46.1 Å². The van der Waals surface area contributed by atoms with Gasteiger partial charge in [0.05, 0.1) is 11.6 Å². The Balaban J connectivity index is 1.68. The van der Waals surface area contributed by atoms with E-state index in [1.54, 1.807) is 18.0 Å². The number of pyridine rings is 1. The smallest absolute Gasteiger partial charge is 0.359 e. The monoisotopic (exact) mass is 383 g/mol. The van der Waals surface area contributed by atoms with Gasteiger partial charge in [0.1, 0.15) is 0 Å². The highest BCUT2D eigenvalue weighted by Crippen LogP contribution is 2.21. The first-order valence-electron chi connectivity index (χ1n) is 8.51. The first-order chi connectivity index (χ1) is 13.0. The molecular formula is C20H21N3O3S. The quantitative estimate of drug-likeness (QED) is 0.482. The highest BCUT2D eigenvalue weighted by Gasteiger charge is 2.22. The summed E-state index contributed by atoms with van der Waals surface area (Å²) < 4.78 is 7.07. The molecule has 3 aromatic rings. The Bertz CT molecular complexity index is 956. The first-order valence-corrected chi connectivity index (χ1v) is 9.74. The van der Waals surface area contributed by atoms with Crippen molar-refractivity contribution in [3.63, 3.8) is 0 Å². The van der Waals surface area contributed by atoms with Crippen LogP contribution in [0.4, 0.5) is 0 Å². The molecule has 2 heterocycles. The Morgan fingerprint density at radius 3 is 2.59 bits per heavy atom. The maximum Gasteiger partial charge on any atom is 0.359 e. The van der Waals surface area contributed by atoms with Gasteiger partial charge in [-0.05, 0) is 30.9 Å². The van der Waals surface area contributed by atoms with E-state index >= 15 is 0 Å². The number of ether oxygens (including phenoxy) is 1. The number of aromatic nitrogens is 2. The molecule has 1 unspecified atom stereocenters. The molecule has 3 rings (SSSR count). The molecule has 6 nitrogen and oxygen atoms in total. The third-order valence-electron chi connectivity index (χ3n) is 4.48. The number of benzene rings is 1. The molecular weight excluding hydrogens is 362 g/mol. The van der Waals surface area contributed by atoms with E-state index in [0.29, 0.717) is 10.7 Å². The average Bonchev–Trinajstić information content (AvgIpc) is 3.10. The number of carbonyl (C=O) groups is 2. The molecule has 0 spiro atoms. The molecule has 0 aliphatic heterocycles. The Morgan fingerprint density at radius 2 is 1.89 bits per heavy atom. The highest BCUT2D eigenvalue weighted by molar-refractivity contribution is 7.98. The van der Waals surface area contributed by atoms with Crippen molar-refractivity contribution in [1.82, 2.24) is 14.3 Å². The number of fused-ring (bicyclic) bond motifs is 1. The topological polar surface area (TPSA) is 63.9 Å².